The van der Waals surface area contributed by atoms with Gasteiger partial charge in [0.15, 0.2) is 11.5 Å². The number of hydrogen-bond acceptors (Lipinski definition) is 5. The van der Waals surface area contributed by atoms with Gasteiger partial charge in [-0.3, -0.25) is 0 Å². The molecule has 3 rings (SSSR count). The molecule has 2 heterocycles. The molecule has 6 nitrogen and oxygen atoms in total. The minimum Gasteiger partial charge on any atom is -0.507 e. The van der Waals surface area contributed by atoms with Crippen LogP contribution in [0.25, 0.3) is 17.1 Å². The van der Waals surface area contributed by atoms with E-state index >= 15 is 0 Å². The Hall–Kier alpha value is -3.57. The summed E-state index contributed by atoms with van der Waals surface area (Å²) >= 11 is 0. The van der Waals surface area contributed by atoms with E-state index < -0.39 is 46.7 Å². The van der Waals surface area contributed by atoms with Gasteiger partial charge < -0.3 is 9.84 Å². The molecule has 0 saturated heterocycles. The molecule has 0 atom stereocenters. The van der Waals surface area contributed by atoms with Crippen molar-refractivity contribution < 1.29 is 41.0 Å². The van der Waals surface area contributed by atoms with Gasteiger partial charge in [-0.1, -0.05) is 12.1 Å². The van der Waals surface area contributed by atoms with Crippen LogP contribution in [0.4, 0.5) is 26.3 Å². The summed E-state index contributed by atoms with van der Waals surface area (Å²) in [6.07, 6.45) is -9.21. The van der Waals surface area contributed by atoms with Crippen LogP contribution in [0.1, 0.15) is 28.5 Å². The SMILES string of the molecule is CCOC(=O)c1cnn(-c2cccc(-c3cccc(C(F)(F)F)c3O)n2)c1C(F)(F)F. The first-order chi connectivity index (χ1) is 14.4. The summed E-state index contributed by atoms with van der Waals surface area (Å²) in [5.41, 5.74) is -4.20. The van der Waals surface area contributed by atoms with Gasteiger partial charge in [0.05, 0.1) is 24.1 Å². The van der Waals surface area contributed by atoms with E-state index in [-0.39, 0.29) is 17.9 Å². The molecule has 3 aromatic rings. The summed E-state index contributed by atoms with van der Waals surface area (Å²) < 4.78 is 85.0. The van der Waals surface area contributed by atoms with E-state index in [0.717, 1.165) is 18.2 Å². The Kier molecular flexibility index (Phi) is 5.66. The van der Waals surface area contributed by atoms with E-state index in [1.54, 1.807) is 0 Å². The second-order valence-corrected chi connectivity index (χ2v) is 6.12. The molecule has 0 bridgehead atoms. The number of carbonyl (C=O) groups excluding carboxylic acids is 1. The molecule has 0 amide bonds. The number of phenolic OH excluding ortho intramolecular Hbond substituents is 1. The molecule has 12 heteroatoms. The van der Waals surface area contributed by atoms with Crippen LogP contribution < -0.4 is 0 Å². The Balaban J connectivity index is 2.15. The lowest BCUT2D eigenvalue weighted by molar-refractivity contribution is -0.143. The zero-order chi connectivity index (χ0) is 23.0. The zero-order valence-corrected chi connectivity index (χ0v) is 15.6. The van der Waals surface area contributed by atoms with Crippen molar-refractivity contribution >= 4 is 5.97 Å². The van der Waals surface area contributed by atoms with Crippen molar-refractivity contribution in [3.05, 3.63) is 59.4 Å². The molecule has 1 N–H and O–H groups in total. The lowest BCUT2D eigenvalue weighted by Gasteiger charge is -2.14. The van der Waals surface area contributed by atoms with E-state index in [1.807, 2.05) is 0 Å². The highest BCUT2D eigenvalue weighted by molar-refractivity contribution is 5.90. The summed E-state index contributed by atoms with van der Waals surface area (Å²) in [7, 11) is 0. The Morgan fingerprint density at radius 2 is 1.74 bits per heavy atom. The van der Waals surface area contributed by atoms with Crippen LogP contribution in [0, 0.1) is 0 Å². The average molecular weight is 445 g/mol. The van der Waals surface area contributed by atoms with Gasteiger partial charge in [0.2, 0.25) is 0 Å². The number of esters is 1. The summed E-state index contributed by atoms with van der Waals surface area (Å²) in [6.45, 7) is 1.26. The first kappa shape index (κ1) is 22.1. The average Bonchev–Trinajstić information content (AvgIpc) is 3.13. The Morgan fingerprint density at radius 1 is 1.06 bits per heavy atom. The Morgan fingerprint density at radius 3 is 2.35 bits per heavy atom. The number of carbonyl (C=O) groups is 1. The summed E-state index contributed by atoms with van der Waals surface area (Å²) in [4.78, 5) is 15.8. The number of pyridine rings is 1. The van der Waals surface area contributed by atoms with Crippen LogP contribution in [0.2, 0.25) is 0 Å². The molecule has 0 aliphatic heterocycles. The highest BCUT2D eigenvalue weighted by Gasteiger charge is 2.41. The number of hydrogen-bond donors (Lipinski definition) is 1. The minimum atomic E-state index is -5.02. The second kappa shape index (κ2) is 7.93. The fourth-order valence-corrected chi connectivity index (χ4v) is 2.82. The third-order valence-corrected chi connectivity index (χ3v) is 4.10. The number of ether oxygens (including phenoxy) is 1. The quantitative estimate of drug-likeness (QED) is 0.459. The molecule has 0 saturated carbocycles. The highest BCUT2D eigenvalue weighted by Crippen LogP contribution is 2.41. The van der Waals surface area contributed by atoms with E-state index in [1.165, 1.54) is 19.1 Å². The molecule has 1 aromatic carbocycles. The van der Waals surface area contributed by atoms with Crippen molar-refractivity contribution in [2.24, 2.45) is 0 Å². The number of nitrogens with zero attached hydrogens (tertiary/aromatic N) is 3. The van der Waals surface area contributed by atoms with Gasteiger partial charge in [0.1, 0.15) is 11.3 Å². The number of rotatable bonds is 4. The van der Waals surface area contributed by atoms with E-state index in [2.05, 4.69) is 14.8 Å². The van der Waals surface area contributed by atoms with Crippen molar-refractivity contribution in [3.63, 3.8) is 0 Å². The molecule has 0 aliphatic carbocycles. The number of halogens is 6. The molecule has 0 unspecified atom stereocenters. The molecular formula is C19H13F6N3O3. The van der Waals surface area contributed by atoms with Crippen LogP contribution in [-0.4, -0.2) is 32.4 Å². The number of aromatic hydroxyl groups is 1. The Labute approximate surface area is 170 Å². The zero-order valence-electron chi connectivity index (χ0n) is 15.6. The van der Waals surface area contributed by atoms with Gasteiger partial charge in [-0.25, -0.2) is 14.5 Å². The Bertz CT molecular complexity index is 1120. The van der Waals surface area contributed by atoms with E-state index in [0.29, 0.717) is 16.9 Å². The fourth-order valence-electron chi connectivity index (χ4n) is 2.82. The van der Waals surface area contributed by atoms with Gasteiger partial charge in [0.25, 0.3) is 0 Å². The monoisotopic (exact) mass is 445 g/mol. The van der Waals surface area contributed by atoms with Crippen molar-refractivity contribution in [2.75, 3.05) is 6.61 Å². The molecule has 31 heavy (non-hydrogen) atoms. The molecule has 164 valence electrons. The minimum absolute atomic E-state index is 0.163. The number of benzene rings is 1. The molecule has 2 aromatic heterocycles. The number of phenols is 1. The van der Waals surface area contributed by atoms with Gasteiger partial charge in [-0.05, 0) is 31.2 Å². The lowest BCUT2D eigenvalue weighted by Crippen LogP contribution is -2.19. The van der Waals surface area contributed by atoms with E-state index in [4.69, 9.17) is 0 Å². The van der Waals surface area contributed by atoms with Gasteiger partial charge >= 0.3 is 18.3 Å². The fraction of sp³-hybridized carbons (Fsp3) is 0.211. The van der Waals surface area contributed by atoms with Crippen LogP contribution >= 0.6 is 0 Å². The molecule has 0 radical (unpaired) electrons. The number of aromatic nitrogens is 3. The van der Waals surface area contributed by atoms with Crippen molar-refractivity contribution in [1.29, 1.82) is 0 Å². The third kappa shape index (κ3) is 4.32. The van der Waals surface area contributed by atoms with Crippen LogP contribution in [0.5, 0.6) is 5.75 Å². The smallest absolute Gasteiger partial charge is 0.434 e. The maximum Gasteiger partial charge on any atom is 0.434 e. The second-order valence-electron chi connectivity index (χ2n) is 6.12. The first-order valence-corrected chi connectivity index (χ1v) is 8.64. The van der Waals surface area contributed by atoms with Crippen LogP contribution in [0.15, 0.2) is 42.6 Å². The van der Waals surface area contributed by atoms with Crippen LogP contribution in [0.3, 0.4) is 0 Å². The van der Waals surface area contributed by atoms with Gasteiger partial charge in [-0.15, -0.1) is 0 Å². The highest BCUT2D eigenvalue weighted by atomic mass is 19.4. The third-order valence-electron chi connectivity index (χ3n) is 4.10. The summed E-state index contributed by atoms with van der Waals surface area (Å²) in [5.74, 6) is -2.80. The van der Waals surface area contributed by atoms with Crippen molar-refractivity contribution in [2.45, 2.75) is 19.3 Å². The number of para-hydroxylation sites is 1. The maximum absolute atomic E-state index is 13.6. The van der Waals surface area contributed by atoms with Crippen LogP contribution in [-0.2, 0) is 17.1 Å². The molecule has 0 spiro atoms. The summed E-state index contributed by atoms with van der Waals surface area (Å²) in [6, 6.07) is 6.37. The standard InChI is InChI=1S/C19H13F6N3O3/c1-2-31-17(30)11-9-26-28(16(11)19(23,24)25)14-8-4-7-13(27-14)10-5-3-6-12(15(10)29)18(20,21)22/h3-9,29H,2H2,1H3. The predicted molar refractivity (Wildman–Crippen MR) is 94.4 cm³/mol. The molecule has 0 aliphatic rings. The van der Waals surface area contributed by atoms with E-state index in [9.17, 15) is 36.2 Å². The predicted octanol–water partition coefficient (Wildman–Crippen LogP) is 4.85. The molecule has 0 fully saturated rings. The van der Waals surface area contributed by atoms with Crippen molar-refractivity contribution in [3.8, 4) is 22.8 Å². The normalized spacial score (nSPS) is 12.1. The topological polar surface area (TPSA) is 77.2 Å². The van der Waals surface area contributed by atoms with Gasteiger partial charge in [0, 0.05) is 5.56 Å². The maximum atomic E-state index is 13.6. The lowest BCUT2D eigenvalue weighted by atomic mass is 10.1. The van der Waals surface area contributed by atoms with Crippen molar-refractivity contribution in [1.82, 2.24) is 14.8 Å². The van der Waals surface area contributed by atoms with Gasteiger partial charge in [-0.2, -0.15) is 31.4 Å². The largest absolute Gasteiger partial charge is 0.507 e. The number of alkyl halides is 6. The first-order valence-electron chi connectivity index (χ1n) is 8.64. The molecular weight excluding hydrogens is 432 g/mol. The summed E-state index contributed by atoms with van der Waals surface area (Å²) in [5, 5.41) is 13.6.